The summed E-state index contributed by atoms with van der Waals surface area (Å²) in [6, 6.07) is 18.3. The molecular formula is C28H29N3O5. The van der Waals surface area contributed by atoms with Gasteiger partial charge in [-0.2, -0.15) is 0 Å². The zero-order valence-electron chi connectivity index (χ0n) is 20.6. The van der Waals surface area contributed by atoms with E-state index in [9.17, 15) is 4.79 Å². The van der Waals surface area contributed by atoms with Gasteiger partial charge in [0.25, 0.3) is 0 Å². The third-order valence-electron chi connectivity index (χ3n) is 6.29. The van der Waals surface area contributed by atoms with Gasteiger partial charge in [0.05, 0.1) is 30.8 Å². The van der Waals surface area contributed by atoms with E-state index in [0.717, 1.165) is 35.0 Å². The van der Waals surface area contributed by atoms with E-state index >= 15 is 0 Å². The van der Waals surface area contributed by atoms with Crippen molar-refractivity contribution < 1.29 is 23.7 Å². The topological polar surface area (TPSA) is 83.8 Å². The van der Waals surface area contributed by atoms with Crippen molar-refractivity contribution in [2.45, 2.75) is 25.8 Å². The van der Waals surface area contributed by atoms with E-state index in [1.165, 1.54) is 0 Å². The molecule has 1 atom stereocenters. The lowest BCUT2D eigenvalue weighted by Gasteiger charge is -2.23. The molecule has 2 heterocycles. The normalized spacial score (nSPS) is 13.0. The highest BCUT2D eigenvalue weighted by atomic mass is 16.7. The van der Waals surface area contributed by atoms with E-state index < -0.39 is 6.04 Å². The maximum Gasteiger partial charge on any atom is 0.247 e. The summed E-state index contributed by atoms with van der Waals surface area (Å²) in [5.74, 6) is 3.04. The summed E-state index contributed by atoms with van der Waals surface area (Å²) < 4.78 is 24.2. The predicted molar refractivity (Wildman–Crippen MR) is 137 cm³/mol. The molecule has 1 N–H and O–H groups in total. The number of carbonyl (C=O) groups excluding carboxylic acids is 1. The molecule has 0 bridgehead atoms. The minimum Gasteiger partial charge on any atom is -0.497 e. The minimum atomic E-state index is -0.703. The molecule has 0 aliphatic carbocycles. The van der Waals surface area contributed by atoms with E-state index in [4.69, 9.17) is 23.9 Å². The van der Waals surface area contributed by atoms with Crippen molar-refractivity contribution in [1.29, 1.82) is 0 Å². The van der Waals surface area contributed by atoms with Gasteiger partial charge in [0, 0.05) is 12.6 Å². The van der Waals surface area contributed by atoms with E-state index in [1.54, 1.807) is 14.2 Å². The van der Waals surface area contributed by atoms with Crippen LogP contribution in [-0.4, -0.2) is 43.0 Å². The molecule has 1 aliphatic heterocycles. The van der Waals surface area contributed by atoms with Gasteiger partial charge in [-0.25, -0.2) is 4.98 Å². The maximum atomic E-state index is 13.8. The second kappa shape index (κ2) is 10.2. The molecule has 1 amide bonds. The van der Waals surface area contributed by atoms with Crippen LogP contribution in [0.3, 0.4) is 0 Å². The number of para-hydroxylation sites is 2. The van der Waals surface area contributed by atoms with E-state index in [2.05, 4.69) is 12.2 Å². The first-order valence-corrected chi connectivity index (χ1v) is 12.0. The van der Waals surface area contributed by atoms with Crippen LogP contribution < -0.4 is 24.3 Å². The molecule has 1 unspecified atom stereocenters. The zero-order chi connectivity index (χ0) is 25.1. The van der Waals surface area contributed by atoms with Crippen LogP contribution in [0.1, 0.15) is 31.4 Å². The van der Waals surface area contributed by atoms with Crippen LogP contribution in [-0.2, 0) is 4.79 Å². The molecule has 0 saturated carbocycles. The van der Waals surface area contributed by atoms with Crippen LogP contribution in [0.25, 0.3) is 22.4 Å². The largest absolute Gasteiger partial charge is 0.497 e. The number of rotatable bonds is 9. The summed E-state index contributed by atoms with van der Waals surface area (Å²) in [6.07, 6.45) is 1.88. The van der Waals surface area contributed by atoms with Crippen molar-refractivity contribution in [1.82, 2.24) is 14.9 Å². The lowest BCUT2D eigenvalue weighted by molar-refractivity contribution is -0.123. The lowest BCUT2D eigenvalue weighted by Crippen LogP contribution is -2.34. The van der Waals surface area contributed by atoms with Crippen LogP contribution in [0.15, 0.2) is 60.7 Å². The number of nitrogens with one attached hydrogen (secondary N) is 1. The van der Waals surface area contributed by atoms with Crippen LogP contribution in [0.4, 0.5) is 0 Å². The number of aromatic nitrogens is 2. The van der Waals surface area contributed by atoms with Gasteiger partial charge in [0.15, 0.2) is 11.5 Å². The van der Waals surface area contributed by atoms with Crippen molar-refractivity contribution in [2.24, 2.45) is 0 Å². The van der Waals surface area contributed by atoms with Crippen molar-refractivity contribution in [3.63, 3.8) is 0 Å². The monoisotopic (exact) mass is 487 g/mol. The van der Waals surface area contributed by atoms with Crippen LogP contribution in [0.5, 0.6) is 23.0 Å². The fourth-order valence-corrected chi connectivity index (χ4v) is 4.47. The summed E-state index contributed by atoms with van der Waals surface area (Å²) in [5, 5.41) is 3.12. The summed E-state index contributed by atoms with van der Waals surface area (Å²) in [4.78, 5) is 18.8. The van der Waals surface area contributed by atoms with Gasteiger partial charge in [0.2, 0.25) is 12.7 Å². The Labute approximate surface area is 209 Å². The molecule has 1 aliphatic rings. The molecule has 186 valence electrons. The Kier molecular flexibility index (Phi) is 6.66. The van der Waals surface area contributed by atoms with Gasteiger partial charge in [-0.05, 0) is 48.4 Å². The fourth-order valence-electron chi connectivity index (χ4n) is 4.47. The van der Waals surface area contributed by atoms with E-state index in [-0.39, 0.29) is 12.7 Å². The summed E-state index contributed by atoms with van der Waals surface area (Å²) in [6.45, 7) is 2.84. The maximum absolute atomic E-state index is 13.8. The number of hydrogen-bond acceptors (Lipinski definition) is 6. The first-order chi connectivity index (χ1) is 17.6. The predicted octanol–water partition coefficient (Wildman–Crippen LogP) is 4.95. The van der Waals surface area contributed by atoms with Crippen LogP contribution in [0, 0.1) is 0 Å². The summed E-state index contributed by atoms with van der Waals surface area (Å²) in [7, 11) is 3.22. The molecule has 5 rings (SSSR count). The third kappa shape index (κ3) is 4.30. The minimum absolute atomic E-state index is 0.126. The molecule has 0 spiro atoms. The average molecular weight is 488 g/mol. The smallest absolute Gasteiger partial charge is 0.247 e. The lowest BCUT2D eigenvalue weighted by atomic mass is 10.0. The Morgan fingerprint density at radius 1 is 1.06 bits per heavy atom. The van der Waals surface area contributed by atoms with Crippen LogP contribution in [0.2, 0.25) is 0 Å². The molecule has 0 fully saturated rings. The molecule has 0 radical (unpaired) electrons. The van der Waals surface area contributed by atoms with Gasteiger partial charge in [-0.1, -0.05) is 31.5 Å². The number of ether oxygens (including phenoxy) is 4. The van der Waals surface area contributed by atoms with Gasteiger partial charge in [-0.15, -0.1) is 0 Å². The molecule has 4 aromatic rings. The second-order valence-corrected chi connectivity index (χ2v) is 8.52. The highest BCUT2D eigenvalue weighted by molar-refractivity contribution is 5.90. The molecule has 8 heteroatoms. The summed E-state index contributed by atoms with van der Waals surface area (Å²) in [5.41, 5.74) is 3.13. The molecule has 36 heavy (non-hydrogen) atoms. The van der Waals surface area contributed by atoms with Crippen molar-refractivity contribution in [2.75, 3.05) is 27.6 Å². The highest BCUT2D eigenvalue weighted by Gasteiger charge is 2.30. The van der Waals surface area contributed by atoms with Crippen molar-refractivity contribution in [3.8, 4) is 34.4 Å². The van der Waals surface area contributed by atoms with Crippen LogP contribution >= 0.6 is 0 Å². The Hall–Kier alpha value is -4.20. The number of nitrogens with zero attached hydrogens (tertiary/aromatic N) is 2. The van der Waals surface area contributed by atoms with Gasteiger partial charge in [0.1, 0.15) is 23.4 Å². The number of imidazole rings is 1. The van der Waals surface area contributed by atoms with E-state index in [0.29, 0.717) is 35.4 Å². The third-order valence-corrected chi connectivity index (χ3v) is 6.29. The van der Waals surface area contributed by atoms with Gasteiger partial charge < -0.3 is 28.8 Å². The SMILES string of the molecule is CCCCNC(=O)C(c1ccc2c(c1)OCO2)n1c(-c2ccc(OC)cc2OC)nc2ccccc21. The Morgan fingerprint density at radius 3 is 2.69 bits per heavy atom. The number of amides is 1. The average Bonchev–Trinajstić information content (AvgIpc) is 3.53. The summed E-state index contributed by atoms with van der Waals surface area (Å²) >= 11 is 0. The number of methoxy groups -OCH3 is 2. The second-order valence-electron chi connectivity index (χ2n) is 8.52. The fraction of sp³-hybridized carbons (Fsp3) is 0.286. The highest BCUT2D eigenvalue weighted by Crippen LogP contribution is 2.40. The van der Waals surface area contributed by atoms with Gasteiger partial charge in [-0.3, -0.25) is 4.79 Å². The van der Waals surface area contributed by atoms with Crippen molar-refractivity contribution in [3.05, 3.63) is 66.2 Å². The molecule has 3 aromatic carbocycles. The Bertz CT molecular complexity index is 1400. The van der Waals surface area contributed by atoms with Crippen molar-refractivity contribution >= 4 is 16.9 Å². The van der Waals surface area contributed by atoms with E-state index in [1.807, 2.05) is 65.2 Å². The molecule has 1 aromatic heterocycles. The number of unbranched alkanes of at least 4 members (excludes halogenated alkanes) is 1. The quantitative estimate of drug-likeness (QED) is 0.336. The number of carbonyl (C=O) groups is 1. The zero-order valence-corrected chi connectivity index (χ0v) is 20.6. The molecular weight excluding hydrogens is 458 g/mol. The standard InChI is InChI=1S/C28H29N3O5/c1-4-5-14-29-28(32)26(18-10-13-23-25(15-18)36-17-35-23)31-22-9-7-6-8-21(22)30-27(31)20-12-11-19(33-2)16-24(20)34-3/h6-13,15-16,26H,4-5,14,17H2,1-3H3,(H,29,32). The number of hydrogen-bond donors (Lipinski definition) is 1. The first kappa shape index (κ1) is 23.5. The Morgan fingerprint density at radius 2 is 1.89 bits per heavy atom. The molecule has 8 nitrogen and oxygen atoms in total. The number of fused-ring (bicyclic) bond motifs is 2. The van der Waals surface area contributed by atoms with Gasteiger partial charge >= 0.3 is 0 Å². The molecule has 0 saturated heterocycles. The first-order valence-electron chi connectivity index (χ1n) is 12.0. The Balaban J connectivity index is 1.73. The number of benzene rings is 3.